The zero-order valence-corrected chi connectivity index (χ0v) is 18.4. The standard InChI is InChI=1S/C24H20ClN3O5/c1-32-19-5-2-11(6-17(19)25)18(29)10-33-12-8-26-24(27-9-12)28-22(30)20-13-3-4-14(16-7-15(13)16)21(20)23(28)31/h2-6,8-9,13-16,20-21H,7,10H2,1H3/t13-,14?,15?,16?,20?,21?/m1/s1. The Hall–Kier alpha value is -3.26. The minimum Gasteiger partial charge on any atom is -0.495 e. The highest BCUT2D eigenvalue weighted by atomic mass is 35.5. The summed E-state index contributed by atoms with van der Waals surface area (Å²) in [6.45, 7) is -0.241. The molecule has 4 aliphatic carbocycles. The van der Waals surface area contributed by atoms with Crippen molar-refractivity contribution in [2.75, 3.05) is 18.6 Å². The Kier molecular flexibility index (Phi) is 4.55. The third kappa shape index (κ3) is 3.08. The fourth-order valence-corrected chi connectivity index (χ4v) is 5.98. The summed E-state index contributed by atoms with van der Waals surface area (Å²) in [4.78, 5) is 48.2. The third-order valence-electron chi connectivity index (χ3n) is 7.32. The summed E-state index contributed by atoms with van der Waals surface area (Å²) >= 11 is 6.07. The van der Waals surface area contributed by atoms with Gasteiger partial charge in [0, 0.05) is 5.56 Å². The monoisotopic (exact) mass is 465 g/mol. The van der Waals surface area contributed by atoms with Crippen molar-refractivity contribution in [3.8, 4) is 11.5 Å². The van der Waals surface area contributed by atoms with Crippen LogP contribution >= 0.6 is 11.6 Å². The van der Waals surface area contributed by atoms with Gasteiger partial charge in [0.2, 0.25) is 17.8 Å². The maximum atomic E-state index is 13.1. The highest BCUT2D eigenvalue weighted by molar-refractivity contribution is 6.32. The van der Waals surface area contributed by atoms with Gasteiger partial charge in [0.1, 0.15) is 5.75 Å². The number of imide groups is 1. The molecule has 2 bridgehead atoms. The number of hydrogen-bond acceptors (Lipinski definition) is 7. The molecule has 2 saturated carbocycles. The Bertz CT molecular complexity index is 1180. The van der Waals surface area contributed by atoms with Crippen molar-refractivity contribution in [3.63, 3.8) is 0 Å². The number of benzene rings is 1. The molecule has 5 unspecified atom stereocenters. The quantitative estimate of drug-likeness (QED) is 0.367. The van der Waals surface area contributed by atoms with E-state index in [1.165, 1.54) is 25.6 Å². The molecule has 33 heavy (non-hydrogen) atoms. The number of methoxy groups -OCH3 is 1. The van der Waals surface area contributed by atoms with Crippen molar-refractivity contribution < 1.29 is 23.9 Å². The van der Waals surface area contributed by atoms with E-state index in [-0.39, 0.29) is 59.6 Å². The summed E-state index contributed by atoms with van der Waals surface area (Å²) < 4.78 is 10.6. The number of nitrogens with zero attached hydrogens (tertiary/aromatic N) is 3. The molecular weight excluding hydrogens is 446 g/mol. The lowest BCUT2D eigenvalue weighted by molar-refractivity contribution is -0.124. The molecular formula is C24H20ClN3O5. The van der Waals surface area contributed by atoms with Gasteiger partial charge in [-0.15, -0.1) is 0 Å². The largest absolute Gasteiger partial charge is 0.495 e. The topological polar surface area (TPSA) is 98.7 Å². The molecule has 9 heteroatoms. The first kappa shape index (κ1) is 20.4. The van der Waals surface area contributed by atoms with Gasteiger partial charge in [-0.3, -0.25) is 14.4 Å². The maximum absolute atomic E-state index is 13.1. The summed E-state index contributed by atoms with van der Waals surface area (Å²) in [6.07, 6.45) is 8.09. The van der Waals surface area contributed by atoms with Crippen LogP contribution in [-0.2, 0) is 9.59 Å². The molecule has 7 rings (SSSR count). The van der Waals surface area contributed by atoms with Crippen LogP contribution in [-0.4, -0.2) is 41.3 Å². The molecule has 1 saturated heterocycles. The Morgan fingerprint density at radius 3 is 2.30 bits per heavy atom. The number of carbonyl (C=O) groups excluding carboxylic acids is 3. The van der Waals surface area contributed by atoms with E-state index < -0.39 is 0 Å². The number of allylic oxidation sites excluding steroid dienone is 2. The molecule has 2 heterocycles. The Balaban J connectivity index is 1.14. The number of anilines is 1. The second-order valence-electron chi connectivity index (χ2n) is 8.95. The summed E-state index contributed by atoms with van der Waals surface area (Å²) in [5, 5.41) is 0.331. The van der Waals surface area contributed by atoms with Gasteiger partial charge in [-0.25, -0.2) is 14.9 Å². The van der Waals surface area contributed by atoms with Crippen LogP contribution in [0.2, 0.25) is 5.02 Å². The van der Waals surface area contributed by atoms with Crippen LogP contribution in [0.15, 0.2) is 42.7 Å². The molecule has 6 atom stereocenters. The van der Waals surface area contributed by atoms with Gasteiger partial charge in [0.05, 0.1) is 36.4 Å². The molecule has 0 N–H and O–H groups in total. The Morgan fingerprint density at radius 1 is 1.09 bits per heavy atom. The van der Waals surface area contributed by atoms with Crippen molar-refractivity contribution >= 4 is 35.1 Å². The van der Waals surface area contributed by atoms with Crippen molar-refractivity contribution in [3.05, 3.63) is 53.3 Å². The van der Waals surface area contributed by atoms with Gasteiger partial charge in [0.25, 0.3) is 0 Å². The number of amides is 2. The summed E-state index contributed by atoms with van der Waals surface area (Å²) in [5.74, 6) is 0.834. The van der Waals surface area contributed by atoms with Crippen molar-refractivity contribution in [1.82, 2.24) is 9.97 Å². The van der Waals surface area contributed by atoms with Gasteiger partial charge < -0.3 is 9.47 Å². The number of carbonyl (C=O) groups is 3. The van der Waals surface area contributed by atoms with Crippen molar-refractivity contribution in [1.29, 1.82) is 0 Å². The van der Waals surface area contributed by atoms with E-state index in [0.717, 1.165) is 11.3 Å². The lowest BCUT2D eigenvalue weighted by Crippen LogP contribution is -2.40. The van der Waals surface area contributed by atoms with Crippen LogP contribution in [0, 0.1) is 35.5 Å². The van der Waals surface area contributed by atoms with Crippen molar-refractivity contribution in [2.24, 2.45) is 35.5 Å². The van der Waals surface area contributed by atoms with Crippen LogP contribution in [0.1, 0.15) is 16.8 Å². The number of aromatic nitrogens is 2. The smallest absolute Gasteiger partial charge is 0.240 e. The fraction of sp³-hybridized carbons (Fsp3) is 0.375. The van der Waals surface area contributed by atoms with E-state index in [1.807, 2.05) is 0 Å². The SMILES string of the molecule is COc1ccc(C(=O)COc2cnc(N3C(=O)C4C5C=C[C@H](C6CC56)C4C3=O)nc2)cc1Cl. The van der Waals surface area contributed by atoms with Gasteiger partial charge in [-0.2, -0.15) is 0 Å². The predicted molar refractivity (Wildman–Crippen MR) is 117 cm³/mol. The summed E-state index contributed by atoms with van der Waals surface area (Å²) in [7, 11) is 1.50. The van der Waals surface area contributed by atoms with Gasteiger partial charge >= 0.3 is 0 Å². The van der Waals surface area contributed by atoms with E-state index in [4.69, 9.17) is 21.1 Å². The predicted octanol–water partition coefficient (Wildman–Crippen LogP) is 2.96. The molecule has 1 aromatic carbocycles. The first-order valence-corrected chi connectivity index (χ1v) is 11.2. The normalized spacial score (nSPS) is 30.8. The van der Waals surface area contributed by atoms with E-state index in [9.17, 15) is 14.4 Å². The summed E-state index contributed by atoms with van der Waals surface area (Å²) in [5.41, 5.74) is 0.385. The zero-order chi connectivity index (χ0) is 22.9. The van der Waals surface area contributed by atoms with E-state index in [0.29, 0.717) is 28.2 Å². The van der Waals surface area contributed by atoms with Crippen LogP contribution in [0.5, 0.6) is 11.5 Å². The first-order chi connectivity index (χ1) is 16.0. The highest BCUT2D eigenvalue weighted by Crippen LogP contribution is 2.65. The molecule has 2 aromatic rings. The Morgan fingerprint density at radius 2 is 1.73 bits per heavy atom. The molecule has 0 spiro atoms. The molecule has 2 amide bonds. The number of Topliss-reactive ketones (excluding diaryl/α,β-unsaturated/α-hetero) is 1. The van der Waals surface area contributed by atoms with Gasteiger partial charge in [-0.1, -0.05) is 23.8 Å². The lowest BCUT2D eigenvalue weighted by atomic mass is 9.63. The van der Waals surface area contributed by atoms with Crippen LogP contribution in [0.3, 0.4) is 0 Å². The second kappa shape index (κ2) is 7.38. The molecule has 5 aliphatic rings. The molecule has 1 aliphatic heterocycles. The molecule has 168 valence electrons. The fourth-order valence-electron chi connectivity index (χ4n) is 5.73. The van der Waals surface area contributed by atoms with Crippen molar-refractivity contribution in [2.45, 2.75) is 6.42 Å². The average Bonchev–Trinajstić information content (AvgIpc) is 3.61. The average molecular weight is 466 g/mol. The number of halogens is 1. The zero-order valence-electron chi connectivity index (χ0n) is 17.7. The van der Waals surface area contributed by atoms with E-state index in [1.54, 1.807) is 12.1 Å². The lowest BCUT2D eigenvalue weighted by Gasteiger charge is -2.37. The second-order valence-corrected chi connectivity index (χ2v) is 9.35. The number of ketones is 1. The minimum atomic E-state index is -0.301. The Labute approximate surface area is 194 Å². The molecule has 1 aromatic heterocycles. The van der Waals surface area contributed by atoms with Crippen LogP contribution < -0.4 is 14.4 Å². The third-order valence-corrected chi connectivity index (χ3v) is 7.62. The van der Waals surface area contributed by atoms with E-state index in [2.05, 4.69) is 22.1 Å². The number of hydrogen-bond donors (Lipinski definition) is 0. The maximum Gasteiger partial charge on any atom is 0.240 e. The van der Waals surface area contributed by atoms with Crippen LogP contribution in [0.4, 0.5) is 5.95 Å². The van der Waals surface area contributed by atoms with Gasteiger partial charge in [-0.05, 0) is 48.3 Å². The highest BCUT2D eigenvalue weighted by Gasteiger charge is 2.67. The minimum absolute atomic E-state index is 0.0492. The first-order valence-electron chi connectivity index (χ1n) is 10.9. The van der Waals surface area contributed by atoms with Crippen LogP contribution in [0.25, 0.3) is 0 Å². The molecule has 8 nitrogen and oxygen atoms in total. The van der Waals surface area contributed by atoms with Gasteiger partial charge in [0.15, 0.2) is 18.1 Å². The number of ether oxygens (including phenoxy) is 2. The molecule has 0 radical (unpaired) electrons. The molecule has 3 fully saturated rings. The number of rotatable bonds is 6. The van der Waals surface area contributed by atoms with E-state index >= 15 is 0 Å². The summed E-state index contributed by atoms with van der Waals surface area (Å²) in [6, 6.07) is 4.73.